The number of benzene rings is 2. The topological polar surface area (TPSA) is 73.1 Å². The Morgan fingerprint density at radius 1 is 1.15 bits per heavy atom. The highest BCUT2D eigenvalue weighted by Gasteiger charge is 2.15. The summed E-state index contributed by atoms with van der Waals surface area (Å²) in [6, 6.07) is 10.4. The highest BCUT2D eigenvalue weighted by molar-refractivity contribution is 6.31. The fourth-order valence-corrected chi connectivity index (χ4v) is 3.04. The largest absolute Gasteiger partial charge is 0.331 e. The maximum Gasteiger partial charge on any atom is 0.331 e. The number of amides is 1. The molecule has 3 aromatic rings. The van der Waals surface area contributed by atoms with Gasteiger partial charge in [0.25, 0.3) is 5.56 Å². The molecule has 6 nitrogen and oxygen atoms in total. The first-order valence-corrected chi connectivity index (χ1v) is 8.77. The summed E-state index contributed by atoms with van der Waals surface area (Å²) in [6.07, 6.45) is 0.605. The van der Waals surface area contributed by atoms with Crippen molar-refractivity contribution in [1.82, 2.24) is 9.13 Å². The van der Waals surface area contributed by atoms with Crippen molar-refractivity contribution in [2.24, 2.45) is 0 Å². The van der Waals surface area contributed by atoms with Crippen molar-refractivity contribution >= 4 is 34.1 Å². The molecule has 3 rings (SSSR count). The van der Waals surface area contributed by atoms with Crippen LogP contribution in [0.1, 0.15) is 13.3 Å². The van der Waals surface area contributed by atoms with E-state index in [4.69, 9.17) is 11.6 Å². The zero-order chi connectivity index (χ0) is 19.6. The minimum Gasteiger partial charge on any atom is -0.324 e. The lowest BCUT2D eigenvalue weighted by Crippen LogP contribution is -2.41. The molecule has 0 radical (unpaired) electrons. The zero-order valence-electron chi connectivity index (χ0n) is 14.5. The van der Waals surface area contributed by atoms with Gasteiger partial charge >= 0.3 is 5.69 Å². The average Bonchev–Trinajstić information content (AvgIpc) is 2.65. The number of fused-ring (bicyclic) bond motifs is 1. The van der Waals surface area contributed by atoms with Crippen LogP contribution in [0.2, 0.25) is 5.02 Å². The summed E-state index contributed by atoms with van der Waals surface area (Å²) in [5, 5.41) is 2.82. The molecule has 0 aliphatic heterocycles. The Hall–Kier alpha value is -2.93. The Morgan fingerprint density at radius 3 is 2.59 bits per heavy atom. The Kier molecular flexibility index (Phi) is 5.41. The monoisotopic (exact) mass is 389 g/mol. The first-order chi connectivity index (χ1) is 12.9. The third kappa shape index (κ3) is 3.78. The van der Waals surface area contributed by atoms with Crippen molar-refractivity contribution in [2.75, 3.05) is 5.32 Å². The second-order valence-corrected chi connectivity index (χ2v) is 6.43. The molecule has 0 saturated heterocycles. The quantitative estimate of drug-likeness (QED) is 0.729. The standard InChI is InChI=1S/C19H17ClFN3O3/c1-2-9-23-18(26)13-5-3-4-6-16(13)24(19(23)27)11-17(25)22-12-7-8-15(21)14(20)10-12/h3-8,10H,2,9,11H2,1H3,(H,22,25). The molecule has 0 fully saturated rings. The molecule has 0 saturated carbocycles. The van der Waals surface area contributed by atoms with Crippen molar-refractivity contribution in [3.63, 3.8) is 0 Å². The van der Waals surface area contributed by atoms with E-state index in [0.717, 1.165) is 10.6 Å². The number of rotatable bonds is 5. The third-order valence-electron chi connectivity index (χ3n) is 4.08. The molecule has 27 heavy (non-hydrogen) atoms. The van der Waals surface area contributed by atoms with Crippen LogP contribution >= 0.6 is 11.6 Å². The van der Waals surface area contributed by atoms with E-state index in [1.165, 1.54) is 16.7 Å². The van der Waals surface area contributed by atoms with Crippen LogP contribution in [0.3, 0.4) is 0 Å². The van der Waals surface area contributed by atoms with Crippen LogP contribution in [0.4, 0.5) is 10.1 Å². The molecule has 1 N–H and O–H groups in total. The number of carbonyl (C=O) groups excluding carboxylic acids is 1. The first kappa shape index (κ1) is 18.8. The Morgan fingerprint density at radius 2 is 1.89 bits per heavy atom. The lowest BCUT2D eigenvalue weighted by atomic mass is 10.2. The van der Waals surface area contributed by atoms with Gasteiger partial charge in [0.1, 0.15) is 12.4 Å². The summed E-state index contributed by atoms with van der Waals surface area (Å²) in [5.74, 6) is -1.09. The first-order valence-electron chi connectivity index (χ1n) is 8.39. The molecule has 8 heteroatoms. The number of hydrogen-bond donors (Lipinski definition) is 1. The molecule has 0 bridgehead atoms. The van der Waals surface area contributed by atoms with E-state index in [-0.39, 0.29) is 23.7 Å². The molecular weight excluding hydrogens is 373 g/mol. The molecule has 0 unspecified atom stereocenters. The number of halogens is 2. The summed E-state index contributed by atoms with van der Waals surface area (Å²) in [6.45, 7) is 1.83. The SMILES string of the molecule is CCCn1c(=O)c2ccccc2n(CC(=O)Nc2ccc(F)c(Cl)c2)c1=O. The van der Waals surface area contributed by atoms with E-state index < -0.39 is 17.4 Å². The predicted molar refractivity (Wildman–Crippen MR) is 103 cm³/mol. The van der Waals surface area contributed by atoms with Crippen LogP contribution in [0.15, 0.2) is 52.1 Å². The van der Waals surface area contributed by atoms with Crippen LogP contribution in [0, 0.1) is 5.82 Å². The van der Waals surface area contributed by atoms with Crippen molar-refractivity contribution in [3.8, 4) is 0 Å². The normalized spacial score (nSPS) is 10.9. The number of hydrogen-bond acceptors (Lipinski definition) is 3. The Bertz CT molecular complexity index is 1140. The number of carbonyl (C=O) groups is 1. The highest BCUT2D eigenvalue weighted by atomic mass is 35.5. The fraction of sp³-hybridized carbons (Fsp3) is 0.211. The summed E-state index contributed by atoms with van der Waals surface area (Å²) in [7, 11) is 0. The summed E-state index contributed by atoms with van der Waals surface area (Å²) in [4.78, 5) is 37.7. The van der Waals surface area contributed by atoms with Gasteiger partial charge in [-0.3, -0.25) is 18.7 Å². The second kappa shape index (κ2) is 7.75. The molecule has 2 aromatic carbocycles. The van der Waals surface area contributed by atoms with Crippen molar-refractivity contribution < 1.29 is 9.18 Å². The highest BCUT2D eigenvalue weighted by Crippen LogP contribution is 2.19. The van der Waals surface area contributed by atoms with Gasteiger partial charge in [-0.15, -0.1) is 0 Å². The van der Waals surface area contributed by atoms with E-state index in [0.29, 0.717) is 23.0 Å². The van der Waals surface area contributed by atoms with Gasteiger partial charge in [0.2, 0.25) is 5.91 Å². The lowest BCUT2D eigenvalue weighted by molar-refractivity contribution is -0.116. The van der Waals surface area contributed by atoms with Crippen LogP contribution < -0.4 is 16.6 Å². The second-order valence-electron chi connectivity index (χ2n) is 6.02. The van der Waals surface area contributed by atoms with Gasteiger partial charge in [-0.25, -0.2) is 9.18 Å². The van der Waals surface area contributed by atoms with Gasteiger partial charge in [0.15, 0.2) is 0 Å². The van der Waals surface area contributed by atoms with E-state index >= 15 is 0 Å². The minimum absolute atomic E-state index is 0.119. The predicted octanol–water partition coefficient (Wildman–Crippen LogP) is 3.00. The van der Waals surface area contributed by atoms with Crippen LogP contribution in [0.5, 0.6) is 0 Å². The third-order valence-corrected chi connectivity index (χ3v) is 4.37. The van der Waals surface area contributed by atoms with E-state index in [1.807, 2.05) is 6.92 Å². The van der Waals surface area contributed by atoms with Crippen LogP contribution in [-0.4, -0.2) is 15.0 Å². The van der Waals surface area contributed by atoms with E-state index in [1.54, 1.807) is 24.3 Å². The number of para-hydroxylation sites is 1. The summed E-state index contributed by atoms with van der Waals surface area (Å²) >= 11 is 5.71. The lowest BCUT2D eigenvalue weighted by Gasteiger charge is -2.14. The molecule has 1 heterocycles. The average molecular weight is 390 g/mol. The summed E-state index contributed by atoms with van der Waals surface area (Å²) in [5.41, 5.74) is -0.231. The smallest absolute Gasteiger partial charge is 0.324 e. The van der Waals surface area contributed by atoms with Gasteiger partial charge < -0.3 is 5.32 Å². The molecule has 0 atom stereocenters. The molecular formula is C19H17ClFN3O3. The molecule has 0 spiro atoms. The Labute approximate surface area is 158 Å². The van der Waals surface area contributed by atoms with Gasteiger partial charge in [-0.1, -0.05) is 30.7 Å². The molecule has 0 aliphatic rings. The maximum atomic E-state index is 13.2. The number of anilines is 1. The van der Waals surface area contributed by atoms with Crippen molar-refractivity contribution in [1.29, 1.82) is 0 Å². The number of nitrogens with one attached hydrogen (secondary N) is 1. The number of nitrogens with zero attached hydrogens (tertiary/aromatic N) is 2. The molecule has 0 aliphatic carbocycles. The van der Waals surface area contributed by atoms with Gasteiger partial charge in [0, 0.05) is 12.2 Å². The van der Waals surface area contributed by atoms with Gasteiger partial charge in [-0.05, 0) is 36.8 Å². The minimum atomic E-state index is -0.594. The molecule has 1 amide bonds. The van der Waals surface area contributed by atoms with Crippen LogP contribution in [0.25, 0.3) is 10.9 Å². The van der Waals surface area contributed by atoms with Crippen molar-refractivity contribution in [3.05, 3.63) is 74.1 Å². The summed E-state index contributed by atoms with van der Waals surface area (Å²) < 4.78 is 15.6. The fourth-order valence-electron chi connectivity index (χ4n) is 2.86. The zero-order valence-corrected chi connectivity index (χ0v) is 15.3. The maximum absolute atomic E-state index is 13.2. The Balaban J connectivity index is 2.00. The molecule has 140 valence electrons. The van der Waals surface area contributed by atoms with Crippen LogP contribution in [-0.2, 0) is 17.9 Å². The number of aromatic nitrogens is 2. The molecule has 1 aromatic heterocycles. The van der Waals surface area contributed by atoms with Gasteiger partial charge in [-0.2, -0.15) is 0 Å². The van der Waals surface area contributed by atoms with E-state index in [9.17, 15) is 18.8 Å². The van der Waals surface area contributed by atoms with Gasteiger partial charge in [0.05, 0.1) is 15.9 Å². The van der Waals surface area contributed by atoms with Crippen molar-refractivity contribution in [2.45, 2.75) is 26.4 Å². The van der Waals surface area contributed by atoms with E-state index in [2.05, 4.69) is 5.32 Å².